The van der Waals surface area contributed by atoms with Crippen molar-refractivity contribution < 1.29 is 14.6 Å². The molecule has 0 unspecified atom stereocenters. The number of unbranched alkanes of at least 4 members (excludes halogenated alkanes) is 16. The lowest BCUT2D eigenvalue weighted by molar-refractivity contribution is -0.137. The first-order valence-corrected chi connectivity index (χ1v) is 15.7. The molecule has 0 spiro atoms. The van der Waals surface area contributed by atoms with Gasteiger partial charge in [0.2, 0.25) is 0 Å². The van der Waals surface area contributed by atoms with Crippen LogP contribution in [0.1, 0.15) is 116 Å². The molecule has 0 atom stereocenters. The molecule has 0 saturated carbocycles. The minimum absolute atomic E-state index is 0.336. The Hall–Kier alpha value is 0.680. The maximum atomic E-state index is 10.4. The zero-order valence-corrected chi connectivity index (χ0v) is 26.0. The molecule has 0 radical (unpaired) electrons. The number of carboxylic acid groups (broad SMARTS) is 1. The molecule has 0 fully saturated rings. The molecule has 0 aromatic heterocycles. The van der Waals surface area contributed by atoms with Crippen molar-refractivity contribution in [3.05, 3.63) is 22.8 Å². The Kier molecular flexibility index (Phi) is 20.2. The average Bonchev–Trinajstić information content (AvgIpc) is 2.73. The second kappa shape index (κ2) is 21.0. The van der Waals surface area contributed by atoms with Crippen molar-refractivity contribution in [2.75, 3.05) is 6.61 Å². The standard InChI is InChI=1S/C26H41I3O3/c27-22-20-23(28)26(24(29)21-22)32-19-17-15-13-11-9-7-5-3-1-2-4-6-8-10-12-14-16-18-25(30)31/h20-21H,1-19H2,(H,30,31). The monoisotopic (exact) mass is 782 g/mol. The number of halogens is 3. The number of carbonyl (C=O) groups is 1. The quantitative estimate of drug-likeness (QED) is 0.0999. The van der Waals surface area contributed by atoms with E-state index < -0.39 is 5.97 Å². The summed E-state index contributed by atoms with van der Waals surface area (Å²) in [6, 6.07) is 4.35. The summed E-state index contributed by atoms with van der Waals surface area (Å²) in [5.41, 5.74) is 0. The fourth-order valence-corrected chi connectivity index (χ4v) is 7.77. The number of benzene rings is 1. The van der Waals surface area contributed by atoms with Crippen molar-refractivity contribution >= 4 is 73.7 Å². The lowest BCUT2D eigenvalue weighted by Crippen LogP contribution is -2.01. The fourth-order valence-electron chi connectivity index (χ4n) is 3.87. The molecule has 1 aromatic carbocycles. The smallest absolute Gasteiger partial charge is 0.303 e. The Bertz CT molecular complexity index is 599. The van der Waals surface area contributed by atoms with Gasteiger partial charge in [-0.05, 0) is 92.7 Å². The van der Waals surface area contributed by atoms with Gasteiger partial charge in [-0.3, -0.25) is 4.79 Å². The molecule has 0 aliphatic heterocycles. The Morgan fingerprint density at radius 3 is 1.34 bits per heavy atom. The third-order valence-corrected chi connectivity index (χ3v) is 7.97. The zero-order valence-electron chi connectivity index (χ0n) is 19.5. The van der Waals surface area contributed by atoms with E-state index >= 15 is 0 Å². The minimum Gasteiger partial charge on any atom is -0.491 e. The SMILES string of the molecule is O=C(O)CCCCCCCCCCCCCCCCCCCOc1c(I)cc(I)cc1I. The second-order valence-electron chi connectivity index (χ2n) is 8.70. The van der Waals surface area contributed by atoms with Crippen molar-refractivity contribution in [3.8, 4) is 5.75 Å². The molecule has 0 heterocycles. The fraction of sp³-hybridized carbons (Fsp3) is 0.731. The van der Waals surface area contributed by atoms with Crippen LogP contribution in [0.25, 0.3) is 0 Å². The Balaban J connectivity index is 1.78. The molecule has 184 valence electrons. The molecule has 3 nitrogen and oxygen atoms in total. The molecule has 6 heteroatoms. The normalized spacial score (nSPS) is 11.1. The topological polar surface area (TPSA) is 46.5 Å². The number of hydrogen-bond donors (Lipinski definition) is 1. The van der Waals surface area contributed by atoms with Crippen LogP contribution in [0.5, 0.6) is 5.75 Å². The van der Waals surface area contributed by atoms with Crippen molar-refractivity contribution in [2.45, 2.75) is 116 Å². The highest BCUT2D eigenvalue weighted by Crippen LogP contribution is 2.29. The largest absolute Gasteiger partial charge is 0.491 e. The van der Waals surface area contributed by atoms with Gasteiger partial charge in [-0.1, -0.05) is 96.3 Å². The van der Waals surface area contributed by atoms with Crippen LogP contribution in [-0.4, -0.2) is 17.7 Å². The van der Waals surface area contributed by atoms with Crippen LogP contribution in [0.3, 0.4) is 0 Å². The molecular weight excluding hydrogens is 741 g/mol. The van der Waals surface area contributed by atoms with Crippen molar-refractivity contribution in [3.63, 3.8) is 0 Å². The van der Waals surface area contributed by atoms with E-state index in [1.165, 1.54) is 101 Å². The second-order valence-corrected chi connectivity index (χ2v) is 12.3. The summed E-state index contributed by atoms with van der Waals surface area (Å²) < 4.78 is 9.71. The Morgan fingerprint density at radius 2 is 0.969 bits per heavy atom. The molecule has 0 aliphatic carbocycles. The maximum Gasteiger partial charge on any atom is 0.303 e. The number of hydrogen-bond acceptors (Lipinski definition) is 2. The van der Waals surface area contributed by atoms with Crippen molar-refractivity contribution in [1.29, 1.82) is 0 Å². The van der Waals surface area contributed by atoms with Gasteiger partial charge >= 0.3 is 5.97 Å². The highest BCUT2D eigenvalue weighted by Gasteiger charge is 2.07. The highest BCUT2D eigenvalue weighted by molar-refractivity contribution is 14.1. The van der Waals surface area contributed by atoms with E-state index in [-0.39, 0.29) is 0 Å². The third-order valence-electron chi connectivity index (χ3n) is 5.74. The van der Waals surface area contributed by atoms with Crippen LogP contribution in [0.2, 0.25) is 0 Å². The number of rotatable bonds is 21. The van der Waals surface area contributed by atoms with Gasteiger partial charge in [0, 0.05) is 9.99 Å². The first-order chi connectivity index (χ1) is 15.5. The zero-order chi connectivity index (χ0) is 23.4. The van der Waals surface area contributed by atoms with E-state index in [2.05, 4.69) is 79.9 Å². The summed E-state index contributed by atoms with van der Waals surface area (Å²) in [5.74, 6) is 0.397. The van der Waals surface area contributed by atoms with E-state index in [1.54, 1.807) is 0 Å². The van der Waals surface area contributed by atoms with Crippen LogP contribution in [0, 0.1) is 10.7 Å². The van der Waals surface area contributed by atoms with E-state index in [4.69, 9.17) is 9.84 Å². The summed E-state index contributed by atoms with van der Waals surface area (Å²) in [6.07, 6.45) is 22.3. The summed E-state index contributed by atoms with van der Waals surface area (Å²) in [5, 5.41) is 8.61. The number of carboxylic acids is 1. The van der Waals surface area contributed by atoms with Gasteiger partial charge in [0.25, 0.3) is 0 Å². The summed E-state index contributed by atoms with van der Waals surface area (Å²) >= 11 is 7.10. The molecule has 1 aromatic rings. The highest BCUT2D eigenvalue weighted by atomic mass is 127. The van der Waals surface area contributed by atoms with Gasteiger partial charge in [0.05, 0.1) is 13.7 Å². The Labute approximate surface area is 237 Å². The molecule has 0 aliphatic rings. The lowest BCUT2D eigenvalue weighted by atomic mass is 10.0. The summed E-state index contributed by atoms with van der Waals surface area (Å²) in [7, 11) is 0. The van der Waals surface area contributed by atoms with Crippen molar-refractivity contribution in [1.82, 2.24) is 0 Å². The number of ether oxygens (including phenoxy) is 1. The molecule has 1 N–H and O–H groups in total. The summed E-state index contributed by atoms with van der Waals surface area (Å²) in [6.45, 7) is 0.831. The molecular formula is C26H41I3O3. The molecule has 0 saturated heterocycles. The van der Waals surface area contributed by atoms with Crippen LogP contribution < -0.4 is 4.74 Å². The third kappa shape index (κ3) is 17.2. The van der Waals surface area contributed by atoms with Gasteiger partial charge in [0.1, 0.15) is 5.75 Å². The molecule has 32 heavy (non-hydrogen) atoms. The predicted molar refractivity (Wildman–Crippen MR) is 161 cm³/mol. The Morgan fingerprint density at radius 1 is 0.625 bits per heavy atom. The minimum atomic E-state index is -0.658. The molecule has 1 rings (SSSR count). The van der Waals surface area contributed by atoms with E-state index in [1.807, 2.05) is 0 Å². The number of aliphatic carboxylic acids is 1. The first kappa shape index (κ1) is 30.7. The van der Waals surface area contributed by atoms with Gasteiger partial charge in [-0.2, -0.15) is 0 Å². The van der Waals surface area contributed by atoms with Gasteiger partial charge < -0.3 is 9.84 Å². The van der Waals surface area contributed by atoms with Gasteiger partial charge in [0.15, 0.2) is 0 Å². The lowest BCUT2D eigenvalue weighted by Gasteiger charge is -2.11. The van der Waals surface area contributed by atoms with Crippen LogP contribution in [-0.2, 0) is 4.79 Å². The van der Waals surface area contributed by atoms with E-state index in [0.29, 0.717) is 6.42 Å². The van der Waals surface area contributed by atoms with Gasteiger partial charge in [-0.25, -0.2) is 0 Å². The first-order valence-electron chi connectivity index (χ1n) is 12.5. The van der Waals surface area contributed by atoms with Crippen LogP contribution in [0.15, 0.2) is 12.1 Å². The van der Waals surface area contributed by atoms with E-state index in [0.717, 1.165) is 31.6 Å². The predicted octanol–water partition coefficient (Wildman–Crippen LogP) is 9.99. The maximum absolute atomic E-state index is 10.4. The average molecular weight is 782 g/mol. The van der Waals surface area contributed by atoms with Crippen LogP contribution >= 0.6 is 67.8 Å². The van der Waals surface area contributed by atoms with Crippen LogP contribution in [0.4, 0.5) is 0 Å². The summed E-state index contributed by atoms with van der Waals surface area (Å²) in [4.78, 5) is 10.4. The molecule has 0 amide bonds. The van der Waals surface area contributed by atoms with Crippen molar-refractivity contribution in [2.24, 2.45) is 0 Å². The molecule has 0 bridgehead atoms. The van der Waals surface area contributed by atoms with Gasteiger partial charge in [-0.15, -0.1) is 0 Å². The van der Waals surface area contributed by atoms with E-state index in [9.17, 15) is 4.79 Å².